The first-order valence-electron chi connectivity index (χ1n) is 11.1. The molecule has 0 spiro atoms. The summed E-state index contributed by atoms with van der Waals surface area (Å²) >= 11 is 3.54. The molecule has 0 unspecified atom stereocenters. The fourth-order valence-corrected chi connectivity index (χ4v) is 3.95. The highest BCUT2D eigenvalue weighted by Crippen LogP contribution is 2.25. The monoisotopic (exact) mass is 521 g/mol. The Morgan fingerprint density at radius 1 is 1.27 bits per heavy atom. The zero-order valence-electron chi connectivity index (χ0n) is 19.9. The number of amides is 2. The first-order chi connectivity index (χ1) is 15.5. The first kappa shape index (κ1) is 25.2. The highest BCUT2D eigenvalue weighted by atomic mass is 79.9. The third-order valence-electron chi connectivity index (χ3n) is 5.08. The predicted octanol–water partition coefficient (Wildman–Crippen LogP) is 3.60. The quantitative estimate of drug-likeness (QED) is 0.619. The normalized spacial score (nSPS) is 14.5. The molecule has 180 valence electrons. The molecule has 2 heterocycles. The summed E-state index contributed by atoms with van der Waals surface area (Å²) in [6, 6.07) is 3.41. The average molecular weight is 522 g/mol. The van der Waals surface area contributed by atoms with E-state index in [9.17, 15) is 9.59 Å². The number of fused-ring (bicyclic) bond motifs is 1. The van der Waals surface area contributed by atoms with Crippen LogP contribution in [0.4, 0.5) is 10.6 Å². The van der Waals surface area contributed by atoms with Gasteiger partial charge in [-0.2, -0.15) is 0 Å². The van der Waals surface area contributed by atoms with Crippen LogP contribution in [0.3, 0.4) is 0 Å². The largest absolute Gasteiger partial charge is 0.444 e. The third kappa shape index (κ3) is 6.77. The van der Waals surface area contributed by atoms with E-state index in [4.69, 9.17) is 14.5 Å². The smallest absolute Gasteiger partial charge is 0.410 e. The summed E-state index contributed by atoms with van der Waals surface area (Å²) in [7, 11) is 0. The summed E-state index contributed by atoms with van der Waals surface area (Å²) in [5.74, 6) is 0.546. The molecule has 10 heteroatoms. The van der Waals surface area contributed by atoms with Gasteiger partial charge in [0.2, 0.25) is 0 Å². The summed E-state index contributed by atoms with van der Waals surface area (Å²) in [5.41, 5.74) is 1.22. The molecular formula is C23H32BrN5O4. The van der Waals surface area contributed by atoms with E-state index in [1.807, 2.05) is 34.6 Å². The number of hydrogen-bond acceptors (Lipinski definition) is 7. The van der Waals surface area contributed by atoms with Gasteiger partial charge in [0.25, 0.3) is 5.91 Å². The molecule has 2 amide bonds. The topological polar surface area (TPSA) is 96.9 Å². The lowest BCUT2D eigenvalue weighted by Crippen LogP contribution is -2.44. The number of carbonyl (C=O) groups is 2. The Bertz CT molecular complexity index is 1000. The summed E-state index contributed by atoms with van der Waals surface area (Å²) in [4.78, 5) is 38.2. The second kappa shape index (κ2) is 10.6. The van der Waals surface area contributed by atoms with Crippen LogP contribution in [0.2, 0.25) is 0 Å². The van der Waals surface area contributed by atoms with E-state index in [1.54, 1.807) is 23.2 Å². The number of anilines is 1. The molecule has 2 aromatic rings. The van der Waals surface area contributed by atoms with Gasteiger partial charge in [-0.3, -0.25) is 9.78 Å². The number of halogens is 1. The van der Waals surface area contributed by atoms with Crippen molar-refractivity contribution >= 4 is 44.8 Å². The van der Waals surface area contributed by atoms with Crippen molar-refractivity contribution in [3.8, 4) is 0 Å². The van der Waals surface area contributed by atoms with Crippen molar-refractivity contribution in [2.75, 3.05) is 44.3 Å². The van der Waals surface area contributed by atoms with E-state index in [2.05, 4.69) is 31.1 Å². The number of nitrogens with one attached hydrogen (secondary N) is 1. The Morgan fingerprint density at radius 2 is 1.97 bits per heavy atom. The van der Waals surface area contributed by atoms with Crippen molar-refractivity contribution < 1.29 is 19.1 Å². The first-order valence-corrected chi connectivity index (χ1v) is 11.9. The molecular weight excluding hydrogens is 490 g/mol. The van der Waals surface area contributed by atoms with Crippen molar-refractivity contribution in [3.05, 3.63) is 28.4 Å². The lowest BCUT2D eigenvalue weighted by molar-refractivity contribution is 0.0192. The number of nitrogens with zero attached hydrogens (tertiary/aromatic N) is 4. The average Bonchev–Trinajstić information content (AvgIpc) is 2.75. The Kier molecular flexibility index (Phi) is 8.12. The molecule has 1 aliphatic heterocycles. The number of rotatable bonds is 6. The van der Waals surface area contributed by atoms with E-state index < -0.39 is 11.7 Å². The van der Waals surface area contributed by atoms with Crippen molar-refractivity contribution in [3.63, 3.8) is 0 Å². The van der Waals surface area contributed by atoms with Crippen molar-refractivity contribution in [2.45, 2.75) is 46.3 Å². The van der Waals surface area contributed by atoms with E-state index in [0.717, 1.165) is 18.9 Å². The summed E-state index contributed by atoms with van der Waals surface area (Å²) in [6.45, 7) is 12.8. The Morgan fingerprint density at radius 3 is 2.61 bits per heavy atom. The number of morpholine rings is 1. The van der Waals surface area contributed by atoms with Gasteiger partial charge in [0, 0.05) is 42.3 Å². The zero-order chi connectivity index (χ0) is 24.2. The van der Waals surface area contributed by atoms with Gasteiger partial charge in [-0.25, -0.2) is 9.78 Å². The maximum Gasteiger partial charge on any atom is 0.410 e. The summed E-state index contributed by atoms with van der Waals surface area (Å²) in [6.07, 6.45) is 1.33. The predicted molar refractivity (Wildman–Crippen MR) is 131 cm³/mol. The van der Waals surface area contributed by atoms with Crippen LogP contribution in [0, 0.1) is 0 Å². The molecule has 0 bridgehead atoms. The standard InChI is InChI=1S/C23H32BrN5O4/c1-15(2)29(22(31)33-23(3,4)5)7-6-25-21(30)16-12-17(24)20-18(13-16)26-14-19(27-20)28-8-10-32-11-9-28/h12-15H,6-11H2,1-5H3,(H,25,30). The molecule has 1 aliphatic rings. The lowest BCUT2D eigenvalue weighted by atomic mass is 10.1. The van der Waals surface area contributed by atoms with Crippen molar-refractivity contribution in [1.82, 2.24) is 20.2 Å². The molecule has 0 radical (unpaired) electrons. The van der Waals surface area contributed by atoms with E-state index in [0.29, 0.717) is 47.4 Å². The van der Waals surface area contributed by atoms with Gasteiger partial charge in [-0.15, -0.1) is 0 Å². The highest BCUT2D eigenvalue weighted by molar-refractivity contribution is 9.10. The number of hydrogen-bond donors (Lipinski definition) is 1. The Labute approximate surface area is 203 Å². The highest BCUT2D eigenvalue weighted by Gasteiger charge is 2.24. The van der Waals surface area contributed by atoms with Gasteiger partial charge in [0.15, 0.2) is 0 Å². The van der Waals surface area contributed by atoms with E-state index >= 15 is 0 Å². The molecule has 3 rings (SSSR count). The molecule has 1 aromatic carbocycles. The molecule has 0 saturated carbocycles. The van der Waals surface area contributed by atoms with Crippen LogP contribution in [0.15, 0.2) is 22.8 Å². The second-order valence-corrected chi connectivity index (χ2v) is 10.0. The van der Waals surface area contributed by atoms with E-state index in [-0.39, 0.29) is 11.9 Å². The molecule has 33 heavy (non-hydrogen) atoms. The molecule has 1 fully saturated rings. The minimum Gasteiger partial charge on any atom is -0.444 e. The number of aromatic nitrogens is 2. The van der Waals surface area contributed by atoms with Crippen molar-refractivity contribution in [2.24, 2.45) is 0 Å². The van der Waals surface area contributed by atoms with Crippen LogP contribution in [0.5, 0.6) is 0 Å². The van der Waals surface area contributed by atoms with Crippen LogP contribution < -0.4 is 10.2 Å². The Hall–Kier alpha value is -2.46. The molecule has 9 nitrogen and oxygen atoms in total. The van der Waals surface area contributed by atoms with Crippen LogP contribution in [0.25, 0.3) is 11.0 Å². The molecule has 1 N–H and O–H groups in total. The summed E-state index contributed by atoms with van der Waals surface area (Å²) < 4.78 is 11.6. The van der Waals surface area contributed by atoms with Crippen molar-refractivity contribution in [1.29, 1.82) is 0 Å². The van der Waals surface area contributed by atoms with Gasteiger partial charge >= 0.3 is 6.09 Å². The lowest BCUT2D eigenvalue weighted by Gasteiger charge is -2.30. The van der Waals surface area contributed by atoms with Crippen LogP contribution in [0.1, 0.15) is 45.0 Å². The van der Waals surface area contributed by atoms with Gasteiger partial charge in [0.05, 0.1) is 24.9 Å². The van der Waals surface area contributed by atoms with Gasteiger partial charge in [0.1, 0.15) is 16.9 Å². The number of carbonyl (C=O) groups excluding carboxylic acids is 2. The molecule has 0 aliphatic carbocycles. The molecule has 1 saturated heterocycles. The maximum absolute atomic E-state index is 12.8. The zero-order valence-corrected chi connectivity index (χ0v) is 21.4. The van der Waals surface area contributed by atoms with Gasteiger partial charge in [-0.1, -0.05) is 0 Å². The van der Waals surface area contributed by atoms with Gasteiger partial charge in [-0.05, 0) is 62.7 Å². The Balaban J connectivity index is 1.66. The number of benzene rings is 1. The minimum absolute atomic E-state index is 0.0532. The van der Waals surface area contributed by atoms with Gasteiger partial charge < -0.3 is 24.6 Å². The fourth-order valence-electron chi connectivity index (χ4n) is 3.41. The maximum atomic E-state index is 12.8. The third-order valence-corrected chi connectivity index (χ3v) is 5.68. The van der Waals surface area contributed by atoms with Crippen LogP contribution >= 0.6 is 15.9 Å². The molecule has 1 aromatic heterocycles. The minimum atomic E-state index is -0.576. The fraction of sp³-hybridized carbons (Fsp3) is 0.565. The second-order valence-electron chi connectivity index (χ2n) is 9.18. The van der Waals surface area contributed by atoms with Crippen LogP contribution in [-0.4, -0.2) is 77.9 Å². The van der Waals surface area contributed by atoms with Crippen LogP contribution in [-0.2, 0) is 9.47 Å². The molecule has 0 atom stereocenters. The summed E-state index contributed by atoms with van der Waals surface area (Å²) in [5, 5.41) is 2.88. The SMILES string of the molecule is CC(C)N(CCNC(=O)c1cc(Br)c2nc(N3CCOCC3)cnc2c1)C(=O)OC(C)(C)C. The van der Waals surface area contributed by atoms with E-state index in [1.165, 1.54) is 0 Å². The number of ether oxygens (including phenoxy) is 2.